The van der Waals surface area contributed by atoms with E-state index in [9.17, 15) is 4.39 Å². The van der Waals surface area contributed by atoms with E-state index in [2.05, 4.69) is 5.32 Å². The van der Waals surface area contributed by atoms with Crippen molar-refractivity contribution in [2.75, 3.05) is 6.54 Å². The van der Waals surface area contributed by atoms with Crippen molar-refractivity contribution in [2.24, 2.45) is 0 Å². The van der Waals surface area contributed by atoms with Crippen molar-refractivity contribution < 1.29 is 4.39 Å². The van der Waals surface area contributed by atoms with E-state index in [4.69, 9.17) is 34.8 Å². The van der Waals surface area contributed by atoms with Gasteiger partial charge in [-0.2, -0.15) is 0 Å². The quantitative estimate of drug-likeness (QED) is 0.713. The van der Waals surface area contributed by atoms with E-state index in [1.807, 2.05) is 6.92 Å². The topological polar surface area (TPSA) is 12.0 Å². The van der Waals surface area contributed by atoms with Gasteiger partial charge in [0, 0.05) is 20.6 Å². The Morgan fingerprint density at radius 2 is 1.67 bits per heavy atom. The first-order chi connectivity index (χ1) is 10.0. The van der Waals surface area contributed by atoms with Gasteiger partial charge in [-0.25, -0.2) is 4.39 Å². The second kappa shape index (κ2) is 7.46. The van der Waals surface area contributed by atoms with Crippen molar-refractivity contribution in [1.82, 2.24) is 5.32 Å². The third-order valence-corrected chi connectivity index (χ3v) is 3.76. The van der Waals surface area contributed by atoms with E-state index in [-0.39, 0.29) is 11.9 Å². The van der Waals surface area contributed by atoms with Crippen LogP contribution in [0, 0.1) is 5.82 Å². The molecule has 0 fully saturated rings. The summed E-state index contributed by atoms with van der Waals surface area (Å²) >= 11 is 17.9. The highest BCUT2D eigenvalue weighted by atomic mass is 35.5. The summed E-state index contributed by atoms with van der Waals surface area (Å²) in [4.78, 5) is 0. The van der Waals surface area contributed by atoms with Crippen LogP contribution in [0.15, 0.2) is 36.4 Å². The van der Waals surface area contributed by atoms with Crippen molar-refractivity contribution in [3.8, 4) is 0 Å². The number of nitrogens with one attached hydrogen (secondary N) is 1. The van der Waals surface area contributed by atoms with Gasteiger partial charge in [-0.05, 0) is 48.9 Å². The Kier molecular flexibility index (Phi) is 5.88. The molecule has 1 nitrogen and oxygen atoms in total. The molecule has 0 amide bonds. The normalized spacial score (nSPS) is 12.4. The molecule has 0 aliphatic heterocycles. The van der Waals surface area contributed by atoms with Gasteiger partial charge in [-0.3, -0.25) is 0 Å². The van der Waals surface area contributed by atoms with Gasteiger partial charge in [-0.1, -0.05) is 47.8 Å². The molecule has 1 N–H and O–H groups in total. The minimum Gasteiger partial charge on any atom is -0.306 e. The SMILES string of the molecule is CCCNC(c1cc(Cl)cc(Cl)c1)c1ccc(Cl)cc1F. The number of halogens is 4. The van der Waals surface area contributed by atoms with E-state index < -0.39 is 0 Å². The third kappa shape index (κ3) is 4.33. The van der Waals surface area contributed by atoms with Gasteiger partial charge in [0.25, 0.3) is 0 Å². The van der Waals surface area contributed by atoms with Crippen LogP contribution >= 0.6 is 34.8 Å². The summed E-state index contributed by atoms with van der Waals surface area (Å²) in [7, 11) is 0. The number of hydrogen-bond donors (Lipinski definition) is 1. The molecular formula is C16H15Cl3FN. The fourth-order valence-corrected chi connectivity index (χ4v) is 2.88. The molecule has 2 aromatic carbocycles. The van der Waals surface area contributed by atoms with Crippen LogP contribution in [-0.4, -0.2) is 6.54 Å². The molecular weight excluding hydrogens is 332 g/mol. The molecule has 5 heteroatoms. The number of rotatable bonds is 5. The monoisotopic (exact) mass is 345 g/mol. The van der Waals surface area contributed by atoms with Crippen LogP contribution in [-0.2, 0) is 0 Å². The summed E-state index contributed by atoms with van der Waals surface area (Å²) in [6, 6.07) is 9.57. The highest BCUT2D eigenvalue weighted by Crippen LogP contribution is 2.30. The molecule has 2 aromatic rings. The Morgan fingerprint density at radius 3 is 2.24 bits per heavy atom. The van der Waals surface area contributed by atoms with Crippen LogP contribution in [0.25, 0.3) is 0 Å². The molecule has 2 rings (SSSR count). The van der Waals surface area contributed by atoms with Gasteiger partial charge in [0.2, 0.25) is 0 Å². The summed E-state index contributed by atoms with van der Waals surface area (Å²) in [5.74, 6) is -0.354. The molecule has 0 aliphatic carbocycles. The second-order valence-electron chi connectivity index (χ2n) is 4.76. The van der Waals surface area contributed by atoms with Crippen LogP contribution in [0.5, 0.6) is 0 Å². The standard InChI is InChI=1S/C16H15Cl3FN/c1-2-5-21-16(10-6-12(18)8-13(19)7-10)14-4-3-11(17)9-15(14)20/h3-4,6-9,16,21H,2,5H2,1H3. The summed E-state index contributed by atoms with van der Waals surface area (Å²) in [6.07, 6.45) is 0.931. The molecule has 0 aromatic heterocycles. The average Bonchev–Trinajstić information content (AvgIpc) is 2.40. The average molecular weight is 347 g/mol. The number of benzene rings is 2. The lowest BCUT2D eigenvalue weighted by molar-refractivity contribution is 0.547. The van der Waals surface area contributed by atoms with Crippen molar-refractivity contribution in [1.29, 1.82) is 0 Å². The molecule has 0 spiro atoms. The first-order valence-electron chi connectivity index (χ1n) is 6.65. The Balaban J connectivity index is 2.46. The third-order valence-electron chi connectivity index (χ3n) is 3.09. The lowest BCUT2D eigenvalue weighted by Crippen LogP contribution is -2.24. The Hall–Kier alpha value is -0.800. The zero-order valence-electron chi connectivity index (χ0n) is 11.5. The predicted octanol–water partition coefficient (Wildman–Crippen LogP) is 5.87. The zero-order chi connectivity index (χ0) is 15.4. The fraction of sp³-hybridized carbons (Fsp3) is 0.250. The number of hydrogen-bond acceptors (Lipinski definition) is 1. The summed E-state index contributed by atoms with van der Waals surface area (Å²) < 4.78 is 14.2. The minimum atomic E-state index is -0.354. The van der Waals surface area contributed by atoms with E-state index in [0.717, 1.165) is 18.5 Å². The lowest BCUT2D eigenvalue weighted by atomic mass is 9.98. The molecule has 0 radical (unpaired) electrons. The van der Waals surface area contributed by atoms with Gasteiger partial charge >= 0.3 is 0 Å². The van der Waals surface area contributed by atoms with Gasteiger partial charge < -0.3 is 5.32 Å². The molecule has 21 heavy (non-hydrogen) atoms. The van der Waals surface area contributed by atoms with Crippen LogP contribution in [0.4, 0.5) is 4.39 Å². The van der Waals surface area contributed by atoms with E-state index >= 15 is 0 Å². The first kappa shape index (κ1) is 16.6. The smallest absolute Gasteiger partial charge is 0.129 e. The van der Waals surface area contributed by atoms with Crippen molar-refractivity contribution in [3.63, 3.8) is 0 Å². The van der Waals surface area contributed by atoms with Crippen LogP contribution in [0.3, 0.4) is 0 Å². The minimum absolute atomic E-state index is 0.321. The van der Waals surface area contributed by atoms with Crippen molar-refractivity contribution in [3.05, 3.63) is 68.4 Å². The van der Waals surface area contributed by atoms with Crippen LogP contribution in [0.1, 0.15) is 30.5 Å². The first-order valence-corrected chi connectivity index (χ1v) is 7.79. The van der Waals surface area contributed by atoms with Gasteiger partial charge in [0.05, 0.1) is 6.04 Å². The van der Waals surface area contributed by atoms with Crippen LogP contribution in [0.2, 0.25) is 15.1 Å². The predicted molar refractivity (Wildman–Crippen MR) is 88.0 cm³/mol. The summed E-state index contributed by atoms with van der Waals surface area (Å²) in [6.45, 7) is 2.80. The molecule has 0 heterocycles. The van der Waals surface area contributed by atoms with Crippen LogP contribution < -0.4 is 5.32 Å². The van der Waals surface area contributed by atoms with Gasteiger partial charge in [0.1, 0.15) is 5.82 Å². The van der Waals surface area contributed by atoms with E-state index in [1.165, 1.54) is 6.07 Å². The highest BCUT2D eigenvalue weighted by Gasteiger charge is 2.18. The van der Waals surface area contributed by atoms with Crippen molar-refractivity contribution >= 4 is 34.8 Å². The maximum Gasteiger partial charge on any atom is 0.129 e. The second-order valence-corrected chi connectivity index (χ2v) is 6.07. The van der Waals surface area contributed by atoms with Crippen molar-refractivity contribution in [2.45, 2.75) is 19.4 Å². The summed E-state index contributed by atoms with van der Waals surface area (Å²) in [5.41, 5.74) is 1.34. The maximum absolute atomic E-state index is 14.2. The molecule has 0 saturated heterocycles. The molecule has 1 unspecified atom stereocenters. The summed E-state index contributed by atoms with van der Waals surface area (Å²) in [5, 5.41) is 4.73. The van der Waals surface area contributed by atoms with Gasteiger partial charge in [-0.15, -0.1) is 0 Å². The maximum atomic E-state index is 14.2. The lowest BCUT2D eigenvalue weighted by Gasteiger charge is -2.21. The Labute approximate surface area is 139 Å². The highest BCUT2D eigenvalue weighted by molar-refractivity contribution is 6.34. The van der Waals surface area contributed by atoms with E-state index in [0.29, 0.717) is 20.6 Å². The Bertz CT molecular complexity index is 611. The van der Waals surface area contributed by atoms with E-state index in [1.54, 1.807) is 30.3 Å². The Morgan fingerprint density at radius 1 is 1.00 bits per heavy atom. The molecule has 112 valence electrons. The fourth-order valence-electron chi connectivity index (χ4n) is 2.17. The van der Waals surface area contributed by atoms with Gasteiger partial charge in [0.15, 0.2) is 0 Å². The molecule has 1 atom stereocenters. The molecule has 0 saturated carbocycles. The largest absolute Gasteiger partial charge is 0.306 e. The molecule has 0 aliphatic rings. The zero-order valence-corrected chi connectivity index (χ0v) is 13.7. The molecule has 0 bridgehead atoms.